The maximum atomic E-state index is 10.4. The van der Waals surface area contributed by atoms with Gasteiger partial charge in [-0.1, -0.05) is 13.0 Å². The van der Waals surface area contributed by atoms with Gasteiger partial charge in [0.2, 0.25) is 0 Å². The second-order valence-electron chi connectivity index (χ2n) is 7.77. The van der Waals surface area contributed by atoms with Gasteiger partial charge in [0.1, 0.15) is 5.75 Å². The Morgan fingerprint density at radius 2 is 2.05 bits per heavy atom. The zero-order valence-corrected chi connectivity index (χ0v) is 13.5. The third-order valence-corrected chi connectivity index (χ3v) is 6.91. The van der Waals surface area contributed by atoms with Crippen molar-refractivity contribution >= 4 is 0 Å². The molecular formula is C19H26O3. The van der Waals surface area contributed by atoms with Gasteiger partial charge in [-0.2, -0.15) is 0 Å². The summed E-state index contributed by atoms with van der Waals surface area (Å²) in [5.74, 6) is 2.59. The molecule has 4 rings (SSSR count). The van der Waals surface area contributed by atoms with Crippen LogP contribution in [0.3, 0.4) is 0 Å². The van der Waals surface area contributed by atoms with E-state index in [-0.39, 0.29) is 5.41 Å². The molecule has 0 aromatic heterocycles. The Labute approximate surface area is 132 Å². The summed E-state index contributed by atoms with van der Waals surface area (Å²) in [6, 6.07) is 6.51. The van der Waals surface area contributed by atoms with Crippen molar-refractivity contribution < 1.29 is 14.9 Å². The first-order valence-corrected chi connectivity index (χ1v) is 8.57. The second kappa shape index (κ2) is 4.97. The average Bonchev–Trinajstić information content (AvgIpc) is 2.77. The monoisotopic (exact) mass is 302 g/mol. The number of rotatable bonds is 1. The van der Waals surface area contributed by atoms with Gasteiger partial charge in [-0.15, -0.1) is 0 Å². The van der Waals surface area contributed by atoms with Crippen molar-refractivity contribution in [2.24, 2.45) is 17.3 Å². The minimum Gasteiger partial charge on any atom is -0.497 e. The zero-order valence-electron chi connectivity index (χ0n) is 13.5. The van der Waals surface area contributed by atoms with Crippen molar-refractivity contribution in [3.63, 3.8) is 0 Å². The highest BCUT2D eigenvalue weighted by Gasteiger charge is 2.57. The number of benzene rings is 1. The standard InChI is InChI=1S/C19H26O3/c1-19-8-7-14-13-6-4-12(22-2)9-11(13)3-5-15(14)16(19)10-17(20)18(19)21/h4,6,9,14-18,20-21H,3,5,7-8,10H2,1-2H3/t14?,15?,16?,17?,18?,19-/m0/s1. The first kappa shape index (κ1) is 14.5. The molecule has 2 fully saturated rings. The Morgan fingerprint density at radius 1 is 1.23 bits per heavy atom. The van der Waals surface area contributed by atoms with E-state index in [0.717, 1.165) is 31.4 Å². The van der Waals surface area contributed by atoms with Crippen LogP contribution in [0.25, 0.3) is 0 Å². The van der Waals surface area contributed by atoms with Crippen LogP contribution in [0.15, 0.2) is 18.2 Å². The molecule has 5 unspecified atom stereocenters. The van der Waals surface area contributed by atoms with E-state index in [4.69, 9.17) is 4.74 Å². The third kappa shape index (κ3) is 1.88. The lowest BCUT2D eigenvalue weighted by Gasteiger charge is -2.49. The van der Waals surface area contributed by atoms with Gasteiger partial charge < -0.3 is 14.9 Å². The fourth-order valence-corrected chi connectivity index (χ4v) is 5.67. The van der Waals surface area contributed by atoms with Crippen molar-refractivity contribution in [3.05, 3.63) is 29.3 Å². The zero-order chi connectivity index (χ0) is 15.5. The predicted octanol–water partition coefficient (Wildman–Crippen LogP) is 2.88. The van der Waals surface area contributed by atoms with Gasteiger partial charge in [-0.3, -0.25) is 0 Å². The number of aliphatic hydroxyl groups is 2. The average molecular weight is 302 g/mol. The molecule has 0 amide bonds. The van der Waals surface area contributed by atoms with Crippen molar-refractivity contribution in [1.82, 2.24) is 0 Å². The van der Waals surface area contributed by atoms with Crippen LogP contribution in [0.4, 0.5) is 0 Å². The summed E-state index contributed by atoms with van der Waals surface area (Å²) in [6.07, 6.45) is 4.09. The largest absolute Gasteiger partial charge is 0.497 e. The highest BCUT2D eigenvalue weighted by atomic mass is 16.5. The molecule has 22 heavy (non-hydrogen) atoms. The van der Waals surface area contributed by atoms with E-state index in [1.807, 2.05) is 0 Å². The molecule has 3 heteroatoms. The Hall–Kier alpha value is -1.06. The number of methoxy groups -OCH3 is 1. The minimum absolute atomic E-state index is 0.0927. The molecule has 0 spiro atoms. The van der Waals surface area contributed by atoms with Crippen molar-refractivity contribution in [2.75, 3.05) is 7.11 Å². The Kier molecular flexibility index (Phi) is 3.28. The summed E-state index contributed by atoms with van der Waals surface area (Å²) in [5, 5.41) is 20.6. The fraction of sp³-hybridized carbons (Fsp3) is 0.684. The molecule has 2 saturated carbocycles. The van der Waals surface area contributed by atoms with E-state index in [2.05, 4.69) is 25.1 Å². The van der Waals surface area contributed by atoms with Crippen LogP contribution in [-0.4, -0.2) is 29.5 Å². The summed E-state index contributed by atoms with van der Waals surface area (Å²) in [6.45, 7) is 2.19. The first-order chi connectivity index (χ1) is 10.5. The Bertz CT molecular complexity index is 584. The quantitative estimate of drug-likeness (QED) is 0.838. The number of aliphatic hydroxyl groups excluding tert-OH is 2. The Balaban J connectivity index is 1.69. The summed E-state index contributed by atoms with van der Waals surface area (Å²) >= 11 is 0. The van der Waals surface area contributed by atoms with Crippen LogP contribution < -0.4 is 4.74 Å². The van der Waals surface area contributed by atoms with E-state index < -0.39 is 12.2 Å². The second-order valence-corrected chi connectivity index (χ2v) is 7.77. The number of hydrogen-bond donors (Lipinski definition) is 2. The van der Waals surface area contributed by atoms with Crippen LogP contribution in [-0.2, 0) is 6.42 Å². The molecule has 3 aliphatic carbocycles. The summed E-state index contributed by atoms with van der Waals surface area (Å²) in [5.41, 5.74) is 2.82. The van der Waals surface area contributed by atoms with E-state index in [1.54, 1.807) is 7.11 Å². The van der Waals surface area contributed by atoms with E-state index >= 15 is 0 Å². The van der Waals surface area contributed by atoms with Gasteiger partial charge in [0.05, 0.1) is 19.3 Å². The molecule has 0 aliphatic heterocycles. The van der Waals surface area contributed by atoms with Gasteiger partial charge in [-0.05, 0) is 78.5 Å². The number of ether oxygens (including phenoxy) is 1. The number of fused-ring (bicyclic) bond motifs is 5. The Morgan fingerprint density at radius 3 is 2.82 bits per heavy atom. The molecular weight excluding hydrogens is 276 g/mol. The fourth-order valence-electron chi connectivity index (χ4n) is 5.67. The first-order valence-electron chi connectivity index (χ1n) is 8.57. The molecule has 1 aromatic rings. The molecule has 0 saturated heterocycles. The molecule has 0 heterocycles. The van der Waals surface area contributed by atoms with Gasteiger partial charge in [0, 0.05) is 0 Å². The van der Waals surface area contributed by atoms with E-state index in [0.29, 0.717) is 17.8 Å². The van der Waals surface area contributed by atoms with Gasteiger partial charge in [0.25, 0.3) is 0 Å². The SMILES string of the molecule is COc1ccc2c(c1)CCC1C2CC[C@]2(C)C(O)C(O)CC12. The van der Waals surface area contributed by atoms with Crippen LogP contribution >= 0.6 is 0 Å². The topological polar surface area (TPSA) is 49.7 Å². The van der Waals surface area contributed by atoms with Crippen molar-refractivity contribution in [3.8, 4) is 5.75 Å². The molecule has 0 radical (unpaired) electrons. The minimum atomic E-state index is -0.546. The molecule has 1 aromatic carbocycles. The van der Waals surface area contributed by atoms with Gasteiger partial charge >= 0.3 is 0 Å². The van der Waals surface area contributed by atoms with Gasteiger partial charge in [0.15, 0.2) is 0 Å². The molecule has 120 valence electrons. The molecule has 3 nitrogen and oxygen atoms in total. The maximum absolute atomic E-state index is 10.4. The van der Waals surface area contributed by atoms with Crippen molar-refractivity contribution in [2.45, 2.75) is 57.2 Å². The summed E-state index contributed by atoms with van der Waals surface area (Å²) in [4.78, 5) is 0. The lowest BCUT2D eigenvalue weighted by Crippen LogP contribution is -2.44. The highest BCUT2D eigenvalue weighted by molar-refractivity contribution is 5.40. The lowest BCUT2D eigenvalue weighted by molar-refractivity contribution is -0.0505. The third-order valence-electron chi connectivity index (χ3n) is 6.91. The van der Waals surface area contributed by atoms with Gasteiger partial charge in [-0.25, -0.2) is 0 Å². The summed E-state index contributed by atoms with van der Waals surface area (Å²) in [7, 11) is 1.72. The van der Waals surface area contributed by atoms with Crippen LogP contribution in [0, 0.1) is 17.3 Å². The number of aryl methyl sites for hydroxylation is 1. The van der Waals surface area contributed by atoms with Crippen LogP contribution in [0.1, 0.15) is 49.7 Å². The van der Waals surface area contributed by atoms with E-state index in [9.17, 15) is 10.2 Å². The predicted molar refractivity (Wildman–Crippen MR) is 85.0 cm³/mol. The highest BCUT2D eigenvalue weighted by Crippen LogP contribution is 2.60. The van der Waals surface area contributed by atoms with E-state index in [1.165, 1.54) is 17.5 Å². The molecule has 2 N–H and O–H groups in total. The van der Waals surface area contributed by atoms with Crippen molar-refractivity contribution in [1.29, 1.82) is 0 Å². The molecule has 6 atom stereocenters. The summed E-state index contributed by atoms with van der Waals surface area (Å²) < 4.78 is 5.36. The lowest BCUT2D eigenvalue weighted by atomic mass is 9.55. The molecule has 0 bridgehead atoms. The molecule has 3 aliphatic rings. The number of hydrogen-bond acceptors (Lipinski definition) is 3. The smallest absolute Gasteiger partial charge is 0.119 e. The van der Waals surface area contributed by atoms with Crippen LogP contribution in [0.5, 0.6) is 5.75 Å². The maximum Gasteiger partial charge on any atom is 0.119 e. The normalized spacial score (nSPS) is 43.2. The van der Waals surface area contributed by atoms with Crippen LogP contribution in [0.2, 0.25) is 0 Å².